The highest BCUT2D eigenvalue weighted by Crippen LogP contribution is 2.36. The van der Waals surface area contributed by atoms with Gasteiger partial charge in [-0.1, -0.05) is 6.92 Å². The molecule has 2 aliphatic rings. The van der Waals surface area contributed by atoms with Gasteiger partial charge < -0.3 is 62.7 Å². The van der Waals surface area contributed by atoms with E-state index in [1.807, 2.05) is 24.8 Å². The first kappa shape index (κ1) is 63.4. The quantitative estimate of drug-likeness (QED) is 0.0202. The molecule has 2 aliphatic heterocycles. The summed E-state index contributed by atoms with van der Waals surface area (Å²) in [5.41, 5.74) is 7.61. The summed E-state index contributed by atoms with van der Waals surface area (Å²) in [6, 6.07) is 2.10. The number of aryl methyl sites for hydroxylation is 1. The van der Waals surface area contributed by atoms with Gasteiger partial charge in [-0.15, -0.1) is 11.3 Å². The van der Waals surface area contributed by atoms with Gasteiger partial charge in [0.2, 0.25) is 23.3 Å². The maximum Gasteiger partial charge on any atom is 0.313 e. The number of hydrogen-bond acceptors (Lipinski definition) is 18. The van der Waals surface area contributed by atoms with Crippen LogP contribution in [0.1, 0.15) is 68.5 Å². The number of rotatable bonds is 42. The van der Waals surface area contributed by atoms with E-state index in [9.17, 15) is 31.9 Å². The summed E-state index contributed by atoms with van der Waals surface area (Å²) in [6.45, 7) is 13.2. The minimum atomic E-state index is -1.80. The van der Waals surface area contributed by atoms with Gasteiger partial charge in [0.05, 0.1) is 162 Å². The summed E-state index contributed by atoms with van der Waals surface area (Å²) >= 11 is 1.66. The Kier molecular flexibility index (Phi) is 32.4. The minimum Gasteiger partial charge on any atom is -0.420 e. The number of carbonyl (C=O) groups excluding carboxylic acids is 3. The maximum absolute atomic E-state index is 13.6. The number of benzene rings is 1. The Morgan fingerprint density at radius 2 is 1.12 bits per heavy atom. The van der Waals surface area contributed by atoms with E-state index in [1.54, 1.807) is 11.3 Å². The molecule has 4 rings (SSSR count). The third-order valence-corrected chi connectivity index (χ3v) is 12.4. The van der Waals surface area contributed by atoms with E-state index < -0.39 is 41.4 Å². The van der Waals surface area contributed by atoms with E-state index >= 15 is 0 Å². The lowest BCUT2D eigenvalue weighted by Gasteiger charge is -2.32. The molecule has 0 unspecified atom stereocenters. The second-order valence-corrected chi connectivity index (χ2v) is 18.2. The number of likely N-dealkylation sites (tertiary alicyclic amines) is 1. The molecule has 0 radical (unpaired) electrons. The lowest BCUT2D eigenvalue weighted by atomic mass is 9.92. The van der Waals surface area contributed by atoms with Crippen LogP contribution in [0.4, 0.5) is 23.2 Å². The molecule has 1 aromatic carbocycles. The predicted octanol–water partition coefficient (Wildman–Crippen LogP) is 5.99. The summed E-state index contributed by atoms with van der Waals surface area (Å²) < 4.78 is 113. The number of nitrogens with zero attached hydrogens (tertiary/aromatic N) is 3. The molecular weight excluding hydrogens is 1020 g/mol. The van der Waals surface area contributed by atoms with Crippen molar-refractivity contribution in [2.45, 2.75) is 65.2 Å². The van der Waals surface area contributed by atoms with Crippen LogP contribution >= 0.6 is 11.3 Å². The molecule has 0 aliphatic carbocycles. The van der Waals surface area contributed by atoms with Crippen LogP contribution in [0.15, 0.2) is 22.7 Å². The number of aliphatic imine (C=N–C) groups is 1. The Morgan fingerprint density at radius 3 is 1.57 bits per heavy atom. The van der Waals surface area contributed by atoms with Crippen molar-refractivity contribution < 1.29 is 88.9 Å². The van der Waals surface area contributed by atoms with Crippen LogP contribution in [0.3, 0.4) is 0 Å². The van der Waals surface area contributed by atoms with E-state index in [-0.39, 0.29) is 44.1 Å². The second kappa shape index (κ2) is 38.4. The van der Waals surface area contributed by atoms with Crippen LogP contribution in [0.2, 0.25) is 0 Å². The van der Waals surface area contributed by atoms with Crippen molar-refractivity contribution in [2.24, 2.45) is 16.6 Å². The molecule has 424 valence electrons. The normalized spacial score (nSPS) is 13.9. The van der Waals surface area contributed by atoms with Crippen LogP contribution < -0.4 is 10.5 Å². The van der Waals surface area contributed by atoms with Crippen molar-refractivity contribution in [1.82, 2.24) is 9.96 Å². The van der Waals surface area contributed by atoms with Crippen LogP contribution in [0, 0.1) is 29.2 Å². The van der Waals surface area contributed by atoms with Crippen molar-refractivity contribution in [2.75, 3.05) is 158 Å². The maximum atomic E-state index is 13.6. The fourth-order valence-corrected chi connectivity index (χ4v) is 8.50. The largest absolute Gasteiger partial charge is 0.420 e. The lowest BCUT2D eigenvalue weighted by Crippen LogP contribution is -2.39. The SMILES string of the molecule is CCCN(OCC)C(=O)C1=Cc2sc(CCC3CCN(C(=O)CCOCCOCCOCCOCCOCCOCCOCCOCCOCCOCCC(=O)Oc4c(F)c(F)cc(F)c4F)CC3)cc2N=C(N)C1. The Morgan fingerprint density at radius 1 is 0.667 bits per heavy atom. The highest BCUT2D eigenvalue weighted by Gasteiger charge is 2.26. The minimum absolute atomic E-state index is 0.0164. The monoisotopic (exact) mass is 1090 g/mol. The third kappa shape index (κ3) is 25.7. The number of nitrogens with two attached hydrogens (primary N) is 1. The average Bonchev–Trinajstić information content (AvgIpc) is 3.70. The van der Waals surface area contributed by atoms with Gasteiger partial charge in [0.25, 0.3) is 5.91 Å². The Bertz CT molecular complexity index is 2000. The van der Waals surface area contributed by atoms with Crippen LogP contribution in [0.5, 0.6) is 5.75 Å². The standard InChI is InChI=1S/C51H76F4N4O15S/c1-3-11-59(73-4-2)51(62)39-34-44-43(57-45(56)35-39)36-40(75-44)6-5-38-7-12-58(13-8-38)46(60)9-14-63-16-18-65-20-22-67-24-26-69-28-30-71-32-33-72-31-29-70-27-25-68-23-21-66-19-17-64-15-10-47(61)74-50-48(54)41(52)37-42(53)49(50)55/h34,36-38H,3-33,35H2,1-2H3,(H2,56,57). The number of amidine groups is 1. The molecule has 1 saturated heterocycles. The highest BCUT2D eigenvalue weighted by atomic mass is 32.1. The van der Waals surface area contributed by atoms with Crippen LogP contribution in [-0.2, 0) is 73.0 Å². The van der Waals surface area contributed by atoms with E-state index in [1.165, 1.54) is 9.94 Å². The summed E-state index contributed by atoms with van der Waals surface area (Å²) in [5.74, 6) is -8.62. The zero-order chi connectivity index (χ0) is 53.9. The number of thiophene rings is 1. The van der Waals surface area contributed by atoms with Gasteiger partial charge in [-0.2, -0.15) is 8.78 Å². The number of ether oxygens (including phenoxy) is 11. The summed E-state index contributed by atoms with van der Waals surface area (Å²) in [4.78, 5) is 52.1. The third-order valence-electron chi connectivity index (χ3n) is 11.3. The molecule has 2 amide bonds. The number of hydrogen-bond donors (Lipinski definition) is 1. The molecular formula is C51H76F4N4O15S. The fourth-order valence-electron chi connectivity index (χ4n) is 7.42. The fraction of sp³-hybridized carbons (Fsp3) is 0.686. The Labute approximate surface area is 441 Å². The molecule has 75 heavy (non-hydrogen) atoms. The van der Waals surface area contributed by atoms with Gasteiger partial charge in [-0.25, -0.2) is 18.8 Å². The van der Waals surface area contributed by atoms with Crippen molar-refractivity contribution in [1.29, 1.82) is 0 Å². The van der Waals surface area contributed by atoms with E-state index in [0.717, 1.165) is 55.8 Å². The Hall–Kier alpha value is -4.18. The number of piperidine rings is 1. The van der Waals surface area contributed by atoms with E-state index in [4.69, 9.17) is 57.9 Å². The van der Waals surface area contributed by atoms with Crippen molar-refractivity contribution in [3.05, 3.63) is 50.7 Å². The van der Waals surface area contributed by atoms with Gasteiger partial charge in [0.1, 0.15) is 5.84 Å². The molecule has 2 aromatic rings. The highest BCUT2D eigenvalue weighted by molar-refractivity contribution is 7.13. The molecule has 24 heteroatoms. The zero-order valence-electron chi connectivity index (χ0n) is 43.4. The molecule has 19 nitrogen and oxygen atoms in total. The first-order valence-corrected chi connectivity index (χ1v) is 26.5. The first-order chi connectivity index (χ1) is 36.5. The van der Waals surface area contributed by atoms with E-state index in [2.05, 4.69) is 15.8 Å². The number of hydroxylamine groups is 2. The predicted molar refractivity (Wildman–Crippen MR) is 269 cm³/mol. The van der Waals surface area contributed by atoms with Gasteiger partial charge >= 0.3 is 5.97 Å². The molecule has 1 aromatic heterocycles. The van der Waals surface area contributed by atoms with Gasteiger partial charge in [-0.05, 0) is 57.1 Å². The number of halogens is 4. The lowest BCUT2D eigenvalue weighted by molar-refractivity contribution is -0.180. The summed E-state index contributed by atoms with van der Waals surface area (Å²) in [7, 11) is 0. The number of amides is 2. The first-order valence-electron chi connectivity index (χ1n) is 25.7. The van der Waals surface area contributed by atoms with Gasteiger partial charge in [-0.3, -0.25) is 19.2 Å². The van der Waals surface area contributed by atoms with Gasteiger partial charge in [0.15, 0.2) is 11.6 Å². The number of carbonyl (C=O) groups is 3. The van der Waals surface area contributed by atoms with Crippen LogP contribution in [-0.4, -0.2) is 192 Å². The van der Waals surface area contributed by atoms with Crippen LogP contribution in [0.25, 0.3) is 6.08 Å². The summed E-state index contributed by atoms with van der Waals surface area (Å²) in [5, 5.41) is 1.42. The van der Waals surface area contributed by atoms with Crippen molar-refractivity contribution in [3.63, 3.8) is 0 Å². The average molecular weight is 1090 g/mol. The van der Waals surface area contributed by atoms with E-state index in [0.29, 0.717) is 149 Å². The summed E-state index contributed by atoms with van der Waals surface area (Å²) in [6.07, 6.45) is 6.81. The molecule has 3 heterocycles. The molecule has 2 N–H and O–H groups in total. The topological polar surface area (TPSA) is 207 Å². The molecule has 0 atom stereocenters. The van der Waals surface area contributed by atoms with Crippen molar-refractivity contribution in [3.8, 4) is 5.75 Å². The zero-order valence-corrected chi connectivity index (χ0v) is 44.2. The molecule has 0 saturated carbocycles. The number of fused-ring (bicyclic) bond motifs is 1. The smallest absolute Gasteiger partial charge is 0.313 e. The molecule has 0 bridgehead atoms. The molecule has 1 fully saturated rings. The molecule has 0 spiro atoms. The van der Waals surface area contributed by atoms with Gasteiger partial charge in [0, 0.05) is 42.6 Å². The van der Waals surface area contributed by atoms with Crippen molar-refractivity contribution >= 4 is 46.7 Å². The second-order valence-electron chi connectivity index (χ2n) is 17.0. The Balaban J connectivity index is 0.833. The number of esters is 1.